The molecule has 0 aliphatic rings. The third-order valence-electron chi connectivity index (χ3n) is 4.37. The fourth-order valence-electron chi connectivity index (χ4n) is 2.75. The second-order valence-corrected chi connectivity index (χ2v) is 6.76. The van der Waals surface area contributed by atoms with E-state index in [0.29, 0.717) is 12.1 Å². The number of halogens is 1. The normalized spacial score (nSPS) is 11.4. The van der Waals surface area contributed by atoms with Gasteiger partial charge in [-0.1, -0.05) is 30.3 Å². The highest BCUT2D eigenvalue weighted by Crippen LogP contribution is 2.04. The van der Waals surface area contributed by atoms with Crippen molar-refractivity contribution in [1.82, 2.24) is 15.5 Å². The summed E-state index contributed by atoms with van der Waals surface area (Å²) in [6.07, 6.45) is 0.0949. The number of nitrogens with zero attached hydrogens (tertiary/aromatic N) is 1. The number of hydrogen-bond donors (Lipinski definition) is 2. The monoisotopic (exact) mass is 399 g/mol. The van der Waals surface area contributed by atoms with Crippen LogP contribution in [-0.2, 0) is 16.1 Å². The van der Waals surface area contributed by atoms with Gasteiger partial charge in [0.05, 0.1) is 6.54 Å². The van der Waals surface area contributed by atoms with Crippen LogP contribution in [0.5, 0.6) is 0 Å². The number of carbonyl (C=O) groups excluding carboxylic acids is 3. The van der Waals surface area contributed by atoms with Gasteiger partial charge in [0, 0.05) is 31.1 Å². The number of nitrogens with one attached hydrogen (secondary N) is 2. The average molecular weight is 399 g/mol. The number of hydrogen-bond acceptors (Lipinski definition) is 3. The van der Waals surface area contributed by atoms with Crippen LogP contribution in [0.15, 0.2) is 54.6 Å². The van der Waals surface area contributed by atoms with Gasteiger partial charge >= 0.3 is 0 Å². The maximum atomic E-state index is 12.9. The van der Waals surface area contributed by atoms with Gasteiger partial charge in [0.2, 0.25) is 11.8 Å². The van der Waals surface area contributed by atoms with Crippen molar-refractivity contribution < 1.29 is 18.8 Å². The van der Waals surface area contributed by atoms with Crippen molar-refractivity contribution >= 4 is 17.7 Å². The molecule has 7 heteroatoms. The first-order valence-corrected chi connectivity index (χ1v) is 9.54. The minimum Gasteiger partial charge on any atom is -0.350 e. The molecule has 0 radical (unpaired) electrons. The summed E-state index contributed by atoms with van der Waals surface area (Å²) < 4.78 is 12.9. The van der Waals surface area contributed by atoms with Crippen LogP contribution in [0, 0.1) is 5.82 Å². The minimum atomic E-state index is -0.369. The lowest BCUT2D eigenvalue weighted by Crippen LogP contribution is -2.43. The summed E-state index contributed by atoms with van der Waals surface area (Å²) in [7, 11) is 0. The minimum absolute atomic E-state index is 0.0735. The number of carbonyl (C=O) groups is 3. The lowest BCUT2D eigenvalue weighted by Gasteiger charge is -2.22. The molecule has 0 spiro atoms. The molecule has 0 heterocycles. The topological polar surface area (TPSA) is 78.5 Å². The van der Waals surface area contributed by atoms with E-state index < -0.39 is 0 Å². The maximum absolute atomic E-state index is 12.9. The Morgan fingerprint density at radius 2 is 1.69 bits per heavy atom. The molecule has 0 bridgehead atoms. The van der Waals surface area contributed by atoms with Crippen molar-refractivity contribution in [2.45, 2.75) is 32.9 Å². The Kier molecular flexibility index (Phi) is 8.33. The second-order valence-electron chi connectivity index (χ2n) is 6.76. The van der Waals surface area contributed by atoms with E-state index in [-0.39, 0.29) is 49.1 Å². The van der Waals surface area contributed by atoms with E-state index in [1.54, 1.807) is 50.2 Å². The highest BCUT2D eigenvalue weighted by atomic mass is 19.1. The van der Waals surface area contributed by atoms with Crippen LogP contribution >= 0.6 is 0 Å². The van der Waals surface area contributed by atoms with Crippen molar-refractivity contribution in [3.05, 3.63) is 71.5 Å². The van der Waals surface area contributed by atoms with Crippen LogP contribution < -0.4 is 10.6 Å². The van der Waals surface area contributed by atoms with Gasteiger partial charge in [-0.05, 0) is 43.7 Å². The fraction of sp³-hybridized carbons (Fsp3) is 0.318. The Bertz CT molecular complexity index is 825. The van der Waals surface area contributed by atoms with Crippen LogP contribution in [0.4, 0.5) is 4.39 Å². The molecular weight excluding hydrogens is 373 g/mol. The van der Waals surface area contributed by atoms with E-state index in [0.717, 1.165) is 5.56 Å². The van der Waals surface area contributed by atoms with Crippen LogP contribution in [-0.4, -0.2) is 41.8 Å². The maximum Gasteiger partial charge on any atom is 0.251 e. The smallest absolute Gasteiger partial charge is 0.251 e. The molecule has 0 aliphatic heterocycles. The molecule has 1 unspecified atom stereocenters. The van der Waals surface area contributed by atoms with Crippen molar-refractivity contribution in [3.8, 4) is 0 Å². The molecule has 2 aromatic carbocycles. The lowest BCUT2D eigenvalue weighted by atomic mass is 10.1. The summed E-state index contributed by atoms with van der Waals surface area (Å²) in [6.45, 7) is 4.10. The Balaban J connectivity index is 1.80. The highest BCUT2D eigenvalue weighted by Gasteiger charge is 2.19. The summed E-state index contributed by atoms with van der Waals surface area (Å²) in [6, 6.07) is 14.2. The molecule has 29 heavy (non-hydrogen) atoms. The van der Waals surface area contributed by atoms with Gasteiger partial charge in [0.25, 0.3) is 5.91 Å². The summed E-state index contributed by atoms with van der Waals surface area (Å²) >= 11 is 0. The zero-order valence-corrected chi connectivity index (χ0v) is 16.7. The Hall–Kier alpha value is -3.22. The van der Waals surface area contributed by atoms with E-state index in [1.165, 1.54) is 17.0 Å². The second kappa shape index (κ2) is 10.9. The Morgan fingerprint density at radius 3 is 2.31 bits per heavy atom. The van der Waals surface area contributed by atoms with Crippen LogP contribution in [0.3, 0.4) is 0 Å². The van der Waals surface area contributed by atoms with Gasteiger partial charge in [-0.15, -0.1) is 0 Å². The van der Waals surface area contributed by atoms with Gasteiger partial charge in [0.15, 0.2) is 0 Å². The Morgan fingerprint density at radius 1 is 1.03 bits per heavy atom. The molecule has 0 aliphatic carbocycles. The summed E-state index contributed by atoms with van der Waals surface area (Å²) in [5.41, 5.74) is 1.30. The summed E-state index contributed by atoms with van der Waals surface area (Å²) in [4.78, 5) is 38.3. The van der Waals surface area contributed by atoms with Crippen molar-refractivity contribution in [1.29, 1.82) is 0 Å². The van der Waals surface area contributed by atoms with E-state index in [1.807, 2.05) is 6.07 Å². The first kappa shape index (κ1) is 22.1. The van der Waals surface area contributed by atoms with E-state index in [9.17, 15) is 18.8 Å². The first-order valence-electron chi connectivity index (χ1n) is 9.54. The van der Waals surface area contributed by atoms with E-state index >= 15 is 0 Å². The summed E-state index contributed by atoms with van der Waals surface area (Å²) in [5, 5.41) is 5.51. The highest BCUT2D eigenvalue weighted by molar-refractivity contribution is 5.94. The third kappa shape index (κ3) is 7.37. The SMILES string of the molecule is CCN(CC(=O)NCc1ccc(F)cc1)C(=O)CC(C)NC(=O)c1ccccc1. The van der Waals surface area contributed by atoms with Gasteiger partial charge in [-0.2, -0.15) is 0 Å². The van der Waals surface area contributed by atoms with Crippen LogP contribution in [0.25, 0.3) is 0 Å². The van der Waals surface area contributed by atoms with Crippen molar-refractivity contribution in [2.24, 2.45) is 0 Å². The molecule has 2 aromatic rings. The van der Waals surface area contributed by atoms with Crippen molar-refractivity contribution in [2.75, 3.05) is 13.1 Å². The van der Waals surface area contributed by atoms with Gasteiger partial charge in [-0.3, -0.25) is 14.4 Å². The lowest BCUT2D eigenvalue weighted by molar-refractivity contribution is -0.136. The standard InChI is InChI=1S/C22H26FN3O3/c1-3-26(15-20(27)24-14-17-9-11-19(23)12-10-17)21(28)13-16(2)25-22(29)18-7-5-4-6-8-18/h4-12,16H,3,13-15H2,1-2H3,(H,24,27)(H,25,29). The summed E-state index contributed by atoms with van der Waals surface area (Å²) in [5.74, 6) is -1.10. The molecule has 6 nitrogen and oxygen atoms in total. The molecule has 0 saturated heterocycles. The van der Waals surface area contributed by atoms with E-state index in [4.69, 9.17) is 0 Å². The van der Waals surface area contributed by atoms with Crippen LogP contribution in [0.2, 0.25) is 0 Å². The number of benzene rings is 2. The number of likely N-dealkylation sites (N-methyl/N-ethyl adjacent to an activating group) is 1. The molecule has 2 rings (SSSR count). The zero-order valence-electron chi connectivity index (χ0n) is 16.7. The largest absolute Gasteiger partial charge is 0.350 e. The molecule has 154 valence electrons. The fourth-order valence-corrected chi connectivity index (χ4v) is 2.75. The molecule has 3 amide bonds. The molecule has 0 saturated carbocycles. The number of rotatable bonds is 9. The molecule has 2 N–H and O–H groups in total. The molecule has 0 fully saturated rings. The zero-order chi connectivity index (χ0) is 21.2. The average Bonchev–Trinajstić information content (AvgIpc) is 2.72. The van der Waals surface area contributed by atoms with Gasteiger partial charge < -0.3 is 15.5 Å². The predicted molar refractivity (Wildman–Crippen MR) is 108 cm³/mol. The van der Waals surface area contributed by atoms with E-state index in [2.05, 4.69) is 10.6 Å². The third-order valence-corrected chi connectivity index (χ3v) is 4.37. The first-order chi connectivity index (χ1) is 13.9. The Labute approximate surface area is 170 Å². The van der Waals surface area contributed by atoms with Gasteiger partial charge in [0.1, 0.15) is 5.82 Å². The van der Waals surface area contributed by atoms with Crippen molar-refractivity contribution in [3.63, 3.8) is 0 Å². The quantitative estimate of drug-likeness (QED) is 0.680. The number of amides is 3. The van der Waals surface area contributed by atoms with Crippen LogP contribution in [0.1, 0.15) is 36.2 Å². The van der Waals surface area contributed by atoms with Gasteiger partial charge in [-0.25, -0.2) is 4.39 Å². The molecular formula is C22H26FN3O3. The predicted octanol–water partition coefficient (Wildman–Crippen LogP) is 2.50. The molecule has 0 aromatic heterocycles. The molecule has 1 atom stereocenters.